The Balaban J connectivity index is 4.08. The molecular weight excluding hydrogens is 196 g/mol. The molecule has 0 aliphatic rings. The average Bonchev–Trinajstić information content (AvgIpc) is 2.11. The summed E-state index contributed by atoms with van der Waals surface area (Å²) in [6, 6.07) is 0. The third-order valence-corrected chi connectivity index (χ3v) is 2.10. The minimum absolute atomic E-state index is 0.290. The molecule has 0 spiro atoms. The molecule has 0 aromatic rings. The summed E-state index contributed by atoms with van der Waals surface area (Å²) in [5, 5.41) is 9.07. The SMILES string of the molecule is CCOCCOC(C)(CC(C)C)C(=O)O. The number of hydrogen-bond donors (Lipinski definition) is 1. The molecule has 1 atom stereocenters. The third kappa shape index (κ3) is 5.74. The van der Waals surface area contributed by atoms with Gasteiger partial charge in [0.15, 0.2) is 5.60 Å². The van der Waals surface area contributed by atoms with Gasteiger partial charge in [0.1, 0.15) is 0 Å². The zero-order chi connectivity index (χ0) is 11.9. The molecule has 4 nitrogen and oxygen atoms in total. The number of carboxylic acids is 1. The molecule has 0 fully saturated rings. The molecule has 15 heavy (non-hydrogen) atoms. The highest BCUT2D eigenvalue weighted by Gasteiger charge is 2.34. The summed E-state index contributed by atoms with van der Waals surface area (Å²) < 4.78 is 10.5. The molecule has 0 aromatic carbocycles. The van der Waals surface area contributed by atoms with Crippen LogP contribution in [0.15, 0.2) is 0 Å². The van der Waals surface area contributed by atoms with Gasteiger partial charge in [-0.2, -0.15) is 0 Å². The molecule has 0 bridgehead atoms. The summed E-state index contributed by atoms with van der Waals surface area (Å²) in [6.45, 7) is 8.85. The molecule has 1 unspecified atom stereocenters. The van der Waals surface area contributed by atoms with E-state index in [1.165, 1.54) is 0 Å². The molecular formula is C11H22O4. The zero-order valence-corrected chi connectivity index (χ0v) is 10.1. The van der Waals surface area contributed by atoms with Crippen LogP contribution >= 0.6 is 0 Å². The standard InChI is InChI=1S/C11H22O4/c1-5-14-6-7-15-11(4,10(12)13)8-9(2)3/h9H,5-8H2,1-4H3,(H,12,13). The molecule has 0 amide bonds. The Bertz CT molecular complexity index is 191. The van der Waals surface area contributed by atoms with Gasteiger partial charge in [-0.1, -0.05) is 13.8 Å². The molecule has 0 heterocycles. The van der Waals surface area contributed by atoms with Crippen LogP contribution in [-0.4, -0.2) is 36.5 Å². The van der Waals surface area contributed by atoms with Crippen LogP contribution < -0.4 is 0 Å². The lowest BCUT2D eigenvalue weighted by atomic mass is 9.94. The second-order valence-electron chi connectivity index (χ2n) is 4.18. The number of carboxylic acid groups (broad SMARTS) is 1. The van der Waals surface area contributed by atoms with E-state index in [0.717, 1.165) is 0 Å². The molecule has 0 aromatic heterocycles. The molecule has 0 rings (SSSR count). The van der Waals surface area contributed by atoms with Crippen molar-refractivity contribution < 1.29 is 19.4 Å². The Morgan fingerprint density at radius 2 is 2.00 bits per heavy atom. The van der Waals surface area contributed by atoms with Crippen LogP contribution in [0.3, 0.4) is 0 Å². The van der Waals surface area contributed by atoms with Crippen LogP contribution in [-0.2, 0) is 14.3 Å². The predicted octanol–water partition coefficient (Wildman–Crippen LogP) is 1.93. The molecule has 0 saturated carbocycles. The van der Waals surface area contributed by atoms with Crippen molar-refractivity contribution in [1.29, 1.82) is 0 Å². The maximum absolute atomic E-state index is 11.1. The van der Waals surface area contributed by atoms with Gasteiger partial charge in [0.25, 0.3) is 0 Å². The van der Waals surface area contributed by atoms with Gasteiger partial charge in [-0.3, -0.25) is 0 Å². The van der Waals surface area contributed by atoms with Crippen molar-refractivity contribution in [3.63, 3.8) is 0 Å². The second kappa shape index (κ2) is 6.80. The van der Waals surface area contributed by atoms with Gasteiger partial charge in [-0.15, -0.1) is 0 Å². The van der Waals surface area contributed by atoms with E-state index in [1.54, 1.807) is 6.92 Å². The van der Waals surface area contributed by atoms with Crippen LogP contribution in [0, 0.1) is 5.92 Å². The quantitative estimate of drug-likeness (QED) is 0.632. The topological polar surface area (TPSA) is 55.8 Å². The Labute approximate surface area is 91.6 Å². The number of aliphatic carboxylic acids is 1. The van der Waals surface area contributed by atoms with Crippen LogP contribution in [0.1, 0.15) is 34.1 Å². The van der Waals surface area contributed by atoms with E-state index in [0.29, 0.717) is 26.2 Å². The number of ether oxygens (including phenoxy) is 2. The highest BCUT2D eigenvalue weighted by Crippen LogP contribution is 2.21. The Morgan fingerprint density at radius 3 is 2.40 bits per heavy atom. The third-order valence-electron chi connectivity index (χ3n) is 2.10. The summed E-state index contributed by atoms with van der Waals surface area (Å²) in [4.78, 5) is 11.1. The van der Waals surface area contributed by atoms with Crippen molar-refractivity contribution in [2.75, 3.05) is 19.8 Å². The van der Waals surface area contributed by atoms with Crippen LogP contribution in [0.4, 0.5) is 0 Å². The van der Waals surface area contributed by atoms with Crippen molar-refractivity contribution in [2.24, 2.45) is 5.92 Å². The Kier molecular flexibility index (Phi) is 6.52. The normalized spacial score (nSPS) is 15.3. The first kappa shape index (κ1) is 14.4. The molecule has 0 radical (unpaired) electrons. The van der Waals surface area contributed by atoms with Gasteiger partial charge in [0.2, 0.25) is 0 Å². The van der Waals surface area contributed by atoms with Crippen molar-refractivity contribution in [1.82, 2.24) is 0 Å². The first-order chi connectivity index (χ1) is 6.92. The van der Waals surface area contributed by atoms with E-state index in [9.17, 15) is 4.79 Å². The summed E-state index contributed by atoms with van der Waals surface area (Å²) in [6.07, 6.45) is 0.508. The highest BCUT2D eigenvalue weighted by molar-refractivity contribution is 5.76. The largest absolute Gasteiger partial charge is 0.479 e. The molecule has 0 saturated heterocycles. The number of rotatable bonds is 8. The smallest absolute Gasteiger partial charge is 0.335 e. The lowest BCUT2D eigenvalue weighted by Crippen LogP contribution is -2.40. The highest BCUT2D eigenvalue weighted by atomic mass is 16.6. The fourth-order valence-corrected chi connectivity index (χ4v) is 1.46. The van der Waals surface area contributed by atoms with Crippen molar-refractivity contribution >= 4 is 5.97 Å². The Hall–Kier alpha value is -0.610. The lowest BCUT2D eigenvalue weighted by Gasteiger charge is -2.27. The zero-order valence-electron chi connectivity index (χ0n) is 10.1. The van der Waals surface area contributed by atoms with E-state index < -0.39 is 11.6 Å². The summed E-state index contributed by atoms with van der Waals surface area (Å²) in [5.74, 6) is -0.620. The summed E-state index contributed by atoms with van der Waals surface area (Å²) in [5.41, 5.74) is -1.09. The van der Waals surface area contributed by atoms with Gasteiger partial charge in [-0.25, -0.2) is 4.79 Å². The van der Waals surface area contributed by atoms with Gasteiger partial charge in [0.05, 0.1) is 13.2 Å². The van der Waals surface area contributed by atoms with Crippen LogP contribution in [0.2, 0.25) is 0 Å². The fourth-order valence-electron chi connectivity index (χ4n) is 1.46. The van der Waals surface area contributed by atoms with Gasteiger partial charge in [0, 0.05) is 6.61 Å². The van der Waals surface area contributed by atoms with Crippen molar-refractivity contribution in [3.8, 4) is 0 Å². The average molecular weight is 218 g/mol. The van der Waals surface area contributed by atoms with Crippen LogP contribution in [0.25, 0.3) is 0 Å². The van der Waals surface area contributed by atoms with E-state index in [-0.39, 0.29) is 5.92 Å². The monoisotopic (exact) mass is 218 g/mol. The number of carbonyl (C=O) groups is 1. The maximum atomic E-state index is 11.1. The molecule has 4 heteroatoms. The maximum Gasteiger partial charge on any atom is 0.335 e. The minimum atomic E-state index is -1.09. The van der Waals surface area contributed by atoms with Crippen molar-refractivity contribution in [2.45, 2.75) is 39.7 Å². The minimum Gasteiger partial charge on any atom is -0.479 e. The second-order valence-corrected chi connectivity index (χ2v) is 4.18. The van der Waals surface area contributed by atoms with Gasteiger partial charge >= 0.3 is 5.97 Å². The molecule has 1 N–H and O–H groups in total. The Morgan fingerprint density at radius 1 is 1.40 bits per heavy atom. The van der Waals surface area contributed by atoms with Gasteiger partial charge in [-0.05, 0) is 26.2 Å². The van der Waals surface area contributed by atoms with E-state index in [2.05, 4.69) is 0 Å². The lowest BCUT2D eigenvalue weighted by molar-refractivity contribution is -0.167. The molecule has 90 valence electrons. The van der Waals surface area contributed by atoms with E-state index in [1.807, 2.05) is 20.8 Å². The predicted molar refractivity (Wildman–Crippen MR) is 57.9 cm³/mol. The van der Waals surface area contributed by atoms with Gasteiger partial charge < -0.3 is 14.6 Å². The van der Waals surface area contributed by atoms with Crippen molar-refractivity contribution in [3.05, 3.63) is 0 Å². The van der Waals surface area contributed by atoms with E-state index >= 15 is 0 Å². The molecule has 0 aliphatic carbocycles. The first-order valence-corrected chi connectivity index (χ1v) is 5.37. The van der Waals surface area contributed by atoms with Crippen LogP contribution in [0.5, 0.6) is 0 Å². The fraction of sp³-hybridized carbons (Fsp3) is 0.909. The first-order valence-electron chi connectivity index (χ1n) is 5.37. The summed E-state index contributed by atoms with van der Waals surface area (Å²) >= 11 is 0. The van der Waals surface area contributed by atoms with E-state index in [4.69, 9.17) is 14.6 Å². The number of hydrogen-bond acceptors (Lipinski definition) is 3. The molecule has 0 aliphatic heterocycles. The summed E-state index contributed by atoms with van der Waals surface area (Å²) in [7, 11) is 0.